The molecule has 0 saturated heterocycles. The lowest BCUT2D eigenvalue weighted by Crippen LogP contribution is -2.32. The van der Waals surface area contributed by atoms with Crippen molar-refractivity contribution in [2.45, 2.75) is 20.0 Å². The number of nitrogens with one attached hydrogen (secondary N) is 2. The summed E-state index contributed by atoms with van der Waals surface area (Å²) in [7, 11) is 0. The molecule has 0 heterocycles. The maximum Gasteiger partial charge on any atom is 0.329 e. The second-order valence-electron chi connectivity index (χ2n) is 6.77. The van der Waals surface area contributed by atoms with E-state index in [1.54, 1.807) is 54.6 Å². The maximum atomic E-state index is 12.0. The Morgan fingerprint density at radius 1 is 0.969 bits per heavy atom. The Bertz CT molecular complexity index is 1110. The number of halogens is 2. The van der Waals surface area contributed by atoms with Crippen molar-refractivity contribution in [3.05, 3.63) is 93.5 Å². The SMILES string of the molecule is CCc1ccc(NC(=O)C(=O)N/N=C\c2cccc(OCc3c(Cl)cccc3Cl)c2)cc1. The highest BCUT2D eigenvalue weighted by atomic mass is 35.5. The molecule has 0 aliphatic carbocycles. The predicted octanol–water partition coefficient (Wildman–Crippen LogP) is 5.22. The number of hydrogen-bond acceptors (Lipinski definition) is 4. The fourth-order valence-electron chi connectivity index (χ4n) is 2.74. The van der Waals surface area contributed by atoms with Gasteiger partial charge in [-0.25, -0.2) is 5.43 Å². The fraction of sp³-hybridized carbons (Fsp3) is 0.125. The molecule has 2 amide bonds. The Hall–Kier alpha value is -3.35. The van der Waals surface area contributed by atoms with Crippen LogP contribution >= 0.6 is 23.2 Å². The summed E-state index contributed by atoms with van der Waals surface area (Å²) in [5.74, 6) is -1.11. The number of nitrogens with zero attached hydrogens (tertiary/aromatic N) is 1. The van der Waals surface area contributed by atoms with Crippen molar-refractivity contribution in [2.75, 3.05) is 5.32 Å². The number of rotatable bonds is 7. The number of ether oxygens (including phenoxy) is 1. The van der Waals surface area contributed by atoms with E-state index in [2.05, 4.69) is 15.8 Å². The number of benzene rings is 3. The molecule has 164 valence electrons. The topological polar surface area (TPSA) is 79.8 Å². The number of amides is 2. The molecule has 3 aromatic rings. The van der Waals surface area contributed by atoms with Crippen LogP contribution in [0.15, 0.2) is 71.8 Å². The van der Waals surface area contributed by atoms with E-state index in [4.69, 9.17) is 27.9 Å². The van der Waals surface area contributed by atoms with Gasteiger partial charge in [0.05, 0.1) is 6.21 Å². The Morgan fingerprint density at radius 3 is 2.34 bits per heavy atom. The Balaban J connectivity index is 1.53. The first-order chi connectivity index (χ1) is 15.5. The predicted molar refractivity (Wildman–Crippen MR) is 127 cm³/mol. The minimum atomic E-state index is -0.874. The lowest BCUT2D eigenvalue weighted by molar-refractivity contribution is -0.136. The Labute approximate surface area is 196 Å². The van der Waals surface area contributed by atoms with E-state index in [0.29, 0.717) is 32.6 Å². The average molecular weight is 470 g/mol. The van der Waals surface area contributed by atoms with Crippen molar-refractivity contribution >= 4 is 46.9 Å². The molecule has 0 saturated carbocycles. The summed E-state index contributed by atoms with van der Waals surface area (Å²) in [4.78, 5) is 24.0. The van der Waals surface area contributed by atoms with Gasteiger partial charge in [-0.15, -0.1) is 0 Å². The minimum Gasteiger partial charge on any atom is -0.489 e. The van der Waals surface area contributed by atoms with Crippen LogP contribution in [0.2, 0.25) is 10.0 Å². The third-order valence-electron chi connectivity index (χ3n) is 4.51. The first-order valence-corrected chi connectivity index (χ1v) is 10.6. The van der Waals surface area contributed by atoms with Crippen LogP contribution in [0.1, 0.15) is 23.6 Å². The number of hydrazone groups is 1. The van der Waals surface area contributed by atoms with E-state index in [-0.39, 0.29) is 6.61 Å². The number of carbonyl (C=O) groups excluding carboxylic acids is 2. The fourth-order valence-corrected chi connectivity index (χ4v) is 3.24. The molecule has 0 spiro atoms. The van der Waals surface area contributed by atoms with Gasteiger partial charge in [-0.1, -0.05) is 60.5 Å². The van der Waals surface area contributed by atoms with Crippen LogP contribution < -0.4 is 15.5 Å². The van der Waals surface area contributed by atoms with Gasteiger partial charge in [-0.3, -0.25) is 9.59 Å². The van der Waals surface area contributed by atoms with Gasteiger partial charge in [0.1, 0.15) is 12.4 Å². The molecule has 32 heavy (non-hydrogen) atoms. The lowest BCUT2D eigenvalue weighted by atomic mass is 10.1. The molecule has 3 aromatic carbocycles. The monoisotopic (exact) mass is 469 g/mol. The van der Waals surface area contributed by atoms with E-state index in [9.17, 15) is 9.59 Å². The number of carbonyl (C=O) groups is 2. The van der Waals surface area contributed by atoms with Crippen LogP contribution in [-0.4, -0.2) is 18.0 Å². The number of hydrogen-bond donors (Lipinski definition) is 2. The highest BCUT2D eigenvalue weighted by molar-refractivity contribution is 6.39. The van der Waals surface area contributed by atoms with Gasteiger partial charge in [0.25, 0.3) is 0 Å². The van der Waals surface area contributed by atoms with Gasteiger partial charge in [0.2, 0.25) is 0 Å². The van der Waals surface area contributed by atoms with Crippen molar-refractivity contribution in [1.82, 2.24) is 5.43 Å². The zero-order valence-corrected chi connectivity index (χ0v) is 18.8. The summed E-state index contributed by atoms with van der Waals surface area (Å²) >= 11 is 12.3. The minimum absolute atomic E-state index is 0.204. The highest BCUT2D eigenvalue weighted by Crippen LogP contribution is 2.26. The van der Waals surface area contributed by atoms with Crippen molar-refractivity contribution < 1.29 is 14.3 Å². The second kappa shape index (κ2) is 11.3. The molecular weight excluding hydrogens is 449 g/mol. The summed E-state index contributed by atoms with van der Waals surface area (Å²) < 4.78 is 5.76. The van der Waals surface area contributed by atoms with Crippen LogP contribution in [-0.2, 0) is 22.6 Å². The van der Waals surface area contributed by atoms with Gasteiger partial charge in [0, 0.05) is 21.3 Å². The number of aryl methyl sites for hydroxylation is 1. The molecule has 0 aromatic heterocycles. The quantitative estimate of drug-likeness (QED) is 0.282. The number of anilines is 1. The maximum absolute atomic E-state index is 12.0. The van der Waals surface area contributed by atoms with E-state index >= 15 is 0 Å². The van der Waals surface area contributed by atoms with Crippen molar-refractivity contribution in [3.63, 3.8) is 0 Å². The molecule has 0 radical (unpaired) electrons. The zero-order chi connectivity index (χ0) is 22.9. The Kier molecular flexibility index (Phi) is 8.25. The van der Waals surface area contributed by atoms with Crippen LogP contribution in [0.25, 0.3) is 0 Å². The van der Waals surface area contributed by atoms with E-state index in [0.717, 1.165) is 12.0 Å². The van der Waals surface area contributed by atoms with Crippen molar-refractivity contribution in [1.29, 1.82) is 0 Å². The van der Waals surface area contributed by atoms with E-state index in [1.807, 2.05) is 19.1 Å². The Morgan fingerprint density at radius 2 is 1.66 bits per heavy atom. The van der Waals surface area contributed by atoms with Gasteiger partial charge < -0.3 is 10.1 Å². The summed E-state index contributed by atoms with van der Waals surface area (Å²) in [6, 6.07) is 19.6. The molecule has 0 atom stereocenters. The van der Waals surface area contributed by atoms with Crippen LogP contribution in [0.4, 0.5) is 5.69 Å². The van der Waals surface area contributed by atoms with Gasteiger partial charge in [-0.05, 0) is 53.9 Å². The summed E-state index contributed by atoms with van der Waals surface area (Å²) in [6.07, 6.45) is 2.31. The second-order valence-corrected chi connectivity index (χ2v) is 7.58. The molecule has 0 unspecified atom stereocenters. The normalized spacial score (nSPS) is 10.7. The first kappa shape index (κ1) is 23.3. The molecule has 2 N–H and O–H groups in total. The van der Waals surface area contributed by atoms with Crippen molar-refractivity contribution in [3.8, 4) is 5.75 Å². The lowest BCUT2D eigenvalue weighted by Gasteiger charge is -2.09. The molecule has 3 rings (SSSR count). The molecule has 0 bridgehead atoms. The highest BCUT2D eigenvalue weighted by Gasteiger charge is 2.12. The summed E-state index contributed by atoms with van der Waals surface area (Å²) in [6.45, 7) is 2.24. The first-order valence-electron chi connectivity index (χ1n) is 9.85. The van der Waals surface area contributed by atoms with E-state index in [1.165, 1.54) is 6.21 Å². The standard InChI is InChI=1S/C24H21Cl2N3O3/c1-2-16-9-11-18(12-10-16)28-23(30)24(31)29-27-14-17-5-3-6-19(13-17)32-15-20-21(25)7-4-8-22(20)26/h3-14H,2,15H2,1H3,(H,28,30)(H,29,31)/b27-14-. The molecule has 6 nitrogen and oxygen atoms in total. The van der Waals surface area contributed by atoms with Crippen LogP contribution in [0, 0.1) is 0 Å². The molecule has 0 aliphatic heterocycles. The summed E-state index contributed by atoms with van der Waals surface area (Å²) in [5.41, 5.74) is 5.24. The average Bonchev–Trinajstić information content (AvgIpc) is 2.79. The third-order valence-corrected chi connectivity index (χ3v) is 5.22. The molecule has 0 aliphatic rings. The van der Waals surface area contributed by atoms with Gasteiger partial charge >= 0.3 is 11.8 Å². The zero-order valence-electron chi connectivity index (χ0n) is 17.3. The molecule has 0 fully saturated rings. The summed E-state index contributed by atoms with van der Waals surface area (Å²) in [5, 5.41) is 7.41. The van der Waals surface area contributed by atoms with Crippen LogP contribution in [0.3, 0.4) is 0 Å². The van der Waals surface area contributed by atoms with Crippen molar-refractivity contribution in [2.24, 2.45) is 5.10 Å². The largest absolute Gasteiger partial charge is 0.489 e. The van der Waals surface area contributed by atoms with Gasteiger partial charge in [0.15, 0.2) is 0 Å². The van der Waals surface area contributed by atoms with Crippen LogP contribution in [0.5, 0.6) is 5.75 Å². The van der Waals surface area contributed by atoms with E-state index < -0.39 is 11.8 Å². The third kappa shape index (κ3) is 6.57. The smallest absolute Gasteiger partial charge is 0.329 e. The molecular formula is C24H21Cl2N3O3. The molecule has 8 heteroatoms. The van der Waals surface area contributed by atoms with Gasteiger partial charge in [-0.2, -0.15) is 5.10 Å².